The van der Waals surface area contributed by atoms with Gasteiger partial charge in [0.25, 0.3) is 5.56 Å². The summed E-state index contributed by atoms with van der Waals surface area (Å²) in [5.41, 5.74) is -0.750. The van der Waals surface area contributed by atoms with Gasteiger partial charge in [0, 0.05) is 20.6 Å². The fraction of sp³-hybridized carbons (Fsp3) is 0.444. The molecule has 1 aliphatic heterocycles. The number of aliphatic hydroxyl groups excluding tert-OH is 1. The fourth-order valence-corrected chi connectivity index (χ4v) is 7.22. The Labute approximate surface area is 280 Å². The number of hydrogen-bond acceptors (Lipinski definition) is 8. The second-order valence-electron chi connectivity index (χ2n) is 13.7. The largest absolute Gasteiger partial charge is 0.407 e. The lowest BCUT2D eigenvalue weighted by atomic mass is 9.77. The van der Waals surface area contributed by atoms with Gasteiger partial charge in [-0.15, -0.1) is 0 Å². The Kier molecular flexibility index (Phi) is 10.3. The zero-order valence-corrected chi connectivity index (χ0v) is 29.4. The third kappa shape index (κ3) is 6.71. The molecule has 0 amide bonds. The van der Waals surface area contributed by atoms with Gasteiger partial charge in [-0.1, -0.05) is 93.6 Å². The molecule has 2 aromatic carbocycles. The zero-order valence-electron chi connectivity index (χ0n) is 28.4. The quantitative estimate of drug-likeness (QED) is 0.211. The maximum Gasteiger partial charge on any atom is 0.330 e. The van der Waals surface area contributed by atoms with Crippen LogP contribution in [0, 0.1) is 5.82 Å². The number of halogens is 1. The van der Waals surface area contributed by atoms with Crippen LogP contribution in [0.5, 0.6) is 0 Å². The van der Waals surface area contributed by atoms with Crippen molar-refractivity contribution >= 4 is 8.32 Å². The number of H-pyrrole nitrogens is 1. The van der Waals surface area contributed by atoms with Crippen LogP contribution in [0.3, 0.4) is 0 Å². The van der Waals surface area contributed by atoms with Gasteiger partial charge in [-0.25, -0.2) is 4.79 Å². The highest BCUT2D eigenvalue weighted by atomic mass is 28.4. The summed E-state index contributed by atoms with van der Waals surface area (Å²) in [5.74, 6) is -2.10. The number of hydrogen-bond donors (Lipinski definition) is 2. The highest BCUT2D eigenvalue weighted by Crippen LogP contribution is 2.46. The predicted molar refractivity (Wildman–Crippen MR) is 181 cm³/mol. The Hall–Kier alpha value is -3.49. The van der Waals surface area contributed by atoms with Gasteiger partial charge >= 0.3 is 5.69 Å². The van der Waals surface area contributed by atoms with Crippen LogP contribution in [-0.4, -0.2) is 67.9 Å². The van der Waals surface area contributed by atoms with Crippen LogP contribution in [-0.2, 0) is 29.0 Å². The van der Waals surface area contributed by atoms with Crippen molar-refractivity contribution < 1.29 is 32.9 Å². The predicted octanol–water partition coefficient (Wildman–Crippen LogP) is 5.16. The molecule has 0 bridgehead atoms. The number of aliphatic hydroxyl groups is 1. The van der Waals surface area contributed by atoms with Crippen LogP contribution in [0.2, 0.25) is 18.1 Å². The van der Waals surface area contributed by atoms with Gasteiger partial charge in [-0.3, -0.25) is 14.3 Å². The lowest BCUT2D eigenvalue weighted by molar-refractivity contribution is -0.168. The van der Waals surface area contributed by atoms with E-state index in [9.17, 15) is 19.1 Å². The van der Waals surface area contributed by atoms with Crippen molar-refractivity contribution in [3.05, 3.63) is 128 Å². The number of benzene rings is 2. The van der Waals surface area contributed by atoms with Gasteiger partial charge < -0.3 is 28.5 Å². The first-order valence-corrected chi connectivity index (χ1v) is 18.9. The molecule has 0 radical (unpaired) electrons. The summed E-state index contributed by atoms with van der Waals surface area (Å²) in [7, 11) is 0.596. The molecule has 2 N–H and O–H groups in total. The van der Waals surface area contributed by atoms with Gasteiger partial charge in [0.15, 0.2) is 20.3 Å². The Morgan fingerprint density at radius 1 is 1.02 bits per heavy atom. The number of methoxy groups -OCH3 is 2. The lowest BCUT2D eigenvalue weighted by Gasteiger charge is -2.40. The summed E-state index contributed by atoms with van der Waals surface area (Å²) >= 11 is 0. The van der Waals surface area contributed by atoms with Gasteiger partial charge in [0.1, 0.15) is 23.9 Å². The Bertz CT molecular complexity index is 1710. The fourth-order valence-electron chi connectivity index (χ4n) is 5.93. The van der Waals surface area contributed by atoms with Gasteiger partial charge in [-0.2, -0.15) is 4.39 Å². The lowest BCUT2D eigenvalue weighted by Crippen LogP contribution is -2.50. The second-order valence-corrected chi connectivity index (χ2v) is 18.4. The molecule has 48 heavy (non-hydrogen) atoms. The van der Waals surface area contributed by atoms with E-state index in [-0.39, 0.29) is 11.6 Å². The molecule has 5 rings (SSSR count). The molecule has 2 heterocycles. The van der Waals surface area contributed by atoms with Crippen LogP contribution in [0.4, 0.5) is 4.39 Å². The molecule has 12 heteroatoms. The SMILES string of the molecule is COC1(OC)C=CC(C(OC[C@H]2O[C@@H](n3cc(F)c(=O)[nH]c3=O)[C@H](O[Si](C)(C)C(C)(C)C)[C@@H]2O)(c2ccccc2)c2ccccc2)=CC1. The standard InChI is InChI=1S/C36H45FN2O8Si/c1-34(2,3)48(6,7)47-30-29(40)28(46-32(30)39-22-27(37)31(41)38-33(39)42)23-45-36(24-14-10-8-11-15-24,25-16-12-9-13-17-25)26-18-20-35(43-4,44-5)21-19-26/h8-20,22,28-30,32,40H,21,23H2,1-7H3,(H,38,41,42)/t28-,29-,30-,32-/m1/s1. The summed E-state index contributed by atoms with van der Waals surface area (Å²) in [4.78, 5) is 26.8. The number of nitrogens with zero attached hydrogens (tertiary/aromatic N) is 1. The molecule has 1 aliphatic carbocycles. The summed E-state index contributed by atoms with van der Waals surface area (Å²) in [6.07, 6.45) is 2.37. The van der Waals surface area contributed by atoms with Crippen LogP contribution in [0.1, 0.15) is 44.5 Å². The molecular formula is C36H45FN2O8Si. The average Bonchev–Trinajstić information content (AvgIpc) is 3.37. The minimum Gasteiger partial charge on any atom is -0.407 e. The minimum atomic E-state index is -2.57. The van der Waals surface area contributed by atoms with Crippen LogP contribution in [0.15, 0.2) is 100 Å². The molecule has 0 unspecified atom stereocenters. The first-order chi connectivity index (χ1) is 22.7. The second kappa shape index (κ2) is 13.8. The maximum absolute atomic E-state index is 14.5. The van der Waals surface area contributed by atoms with Crippen molar-refractivity contribution in [3.8, 4) is 0 Å². The Morgan fingerprint density at radius 3 is 2.10 bits per heavy atom. The minimum absolute atomic E-state index is 0.149. The van der Waals surface area contributed by atoms with E-state index >= 15 is 0 Å². The summed E-state index contributed by atoms with van der Waals surface area (Å²) < 4.78 is 46.8. The third-order valence-corrected chi connectivity index (χ3v) is 14.3. The smallest absolute Gasteiger partial charge is 0.330 e. The molecule has 10 nitrogen and oxygen atoms in total. The molecule has 1 aromatic heterocycles. The summed E-state index contributed by atoms with van der Waals surface area (Å²) in [5, 5.41) is 11.6. The van der Waals surface area contributed by atoms with E-state index in [0.29, 0.717) is 6.42 Å². The topological polar surface area (TPSA) is 121 Å². The third-order valence-electron chi connectivity index (χ3n) is 9.79. The zero-order chi connectivity index (χ0) is 34.9. The summed E-state index contributed by atoms with van der Waals surface area (Å²) in [6.45, 7) is 10.0. The summed E-state index contributed by atoms with van der Waals surface area (Å²) in [6, 6.07) is 19.4. The van der Waals surface area contributed by atoms with Crippen molar-refractivity contribution in [2.24, 2.45) is 0 Å². The van der Waals surface area contributed by atoms with E-state index in [4.69, 9.17) is 23.4 Å². The molecule has 1 fully saturated rings. The number of rotatable bonds is 11. The molecular weight excluding hydrogens is 635 g/mol. The van der Waals surface area contributed by atoms with Crippen LogP contribution in [0.25, 0.3) is 0 Å². The average molecular weight is 681 g/mol. The van der Waals surface area contributed by atoms with Crippen molar-refractivity contribution in [2.45, 2.75) is 81.3 Å². The number of aromatic amines is 1. The van der Waals surface area contributed by atoms with Crippen molar-refractivity contribution in [1.82, 2.24) is 9.55 Å². The van der Waals surface area contributed by atoms with E-state index < -0.39 is 61.3 Å². The Morgan fingerprint density at radius 2 is 1.60 bits per heavy atom. The van der Waals surface area contributed by atoms with Crippen LogP contribution < -0.4 is 11.2 Å². The van der Waals surface area contributed by atoms with E-state index in [1.165, 1.54) is 0 Å². The van der Waals surface area contributed by atoms with E-state index in [2.05, 4.69) is 0 Å². The number of aromatic nitrogens is 2. The number of ether oxygens (including phenoxy) is 4. The molecule has 4 atom stereocenters. The van der Waals surface area contributed by atoms with Gasteiger partial charge in [0.2, 0.25) is 5.82 Å². The maximum atomic E-state index is 14.5. The van der Waals surface area contributed by atoms with Crippen molar-refractivity contribution in [3.63, 3.8) is 0 Å². The molecule has 0 spiro atoms. The van der Waals surface area contributed by atoms with Crippen molar-refractivity contribution in [2.75, 3.05) is 20.8 Å². The normalized spacial score (nSPS) is 22.9. The molecule has 3 aromatic rings. The number of nitrogens with one attached hydrogen (secondary N) is 1. The van der Waals surface area contributed by atoms with Crippen LogP contribution >= 0.6 is 0 Å². The Balaban J connectivity index is 1.58. The van der Waals surface area contributed by atoms with E-state index in [1.54, 1.807) is 14.2 Å². The van der Waals surface area contributed by atoms with Gasteiger partial charge in [0.05, 0.1) is 12.8 Å². The van der Waals surface area contributed by atoms with Crippen molar-refractivity contribution in [1.29, 1.82) is 0 Å². The molecule has 0 saturated carbocycles. The molecule has 2 aliphatic rings. The van der Waals surface area contributed by atoms with E-state index in [0.717, 1.165) is 27.5 Å². The molecule has 258 valence electrons. The highest BCUT2D eigenvalue weighted by Gasteiger charge is 2.52. The highest BCUT2D eigenvalue weighted by molar-refractivity contribution is 6.74. The molecule has 1 saturated heterocycles. The monoisotopic (exact) mass is 680 g/mol. The van der Waals surface area contributed by atoms with E-state index in [1.807, 2.05) is 118 Å². The van der Waals surface area contributed by atoms with Gasteiger partial charge in [-0.05, 0) is 40.9 Å². The first kappa shape index (κ1) is 35.8. The first-order valence-electron chi connectivity index (χ1n) is 16.0.